The fourth-order valence-electron chi connectivity index (χ4n) is 2.41. The summed E-state index contributed by atoms with van der Waals surface area (Å²) in [4.78, 5) is 0. The third-order valence-electron chi connectivity index (χ3n) is 3.60. The Morgan fingerprint density at radius 3 is 2.22 bits per heavy atom. The summed E-state index contributed by atoms with van der Waals surface area (Å²) in [6.45, 7) is 11.3. The smallest absolute Gasteiger partial charge is 0.0767 e. The summed E-state index contributed by atoms with van der Waals surface area (Å²) in [5.74, 6) is 0. The molecule has 2 heteroatoms. The zero-order chi connectivity index (χ0) is 13.7. The van der Waals surface area contributed by atoms with E-state index in [-0.39, 0.29) is 12.1 Å². The fraction of sp³-hybridized carbons (Fsp3) is 0.625. The normalized spacial score (nSPS) is 14.6. The third kappa shape index (κ3) is 3.56. The van der Waals surface area contributed by atoms with Crippen LogP contribution in [0.1, 0.15) is 55.0 Å². The second-order valence-electron chi connectivity index (χ2n) is 5.10. The van der Waals surface area contributed by atoms with Crippen molar-refractivity contribution >= 4 is 0 Å². The minimum atomic E-state index is -0.0239. The van der Waals surface area contributed by atoms with Gasteiger partial charge in [0.05, 0.1) is 12.1 Å². The van der Waals surface area contributed by atoms with Crippen LogP contribution in [-0.2, 0) is 4.74 Å². The van der Waals surface area contributed by atoms with Crippen LogP contribution < -0.4 is 5.73 Å². The van der Waals surface area contributed by atoms with Crippen LogP contribution in [0.5, 0.6) is 0 Å². The first-order valence-electron chi connectivity index (χ1n) is 6.96. The van der Waals surface area contributed by atoms with Crippen LogP contribution >= 0.6 is 0 Å². The lowest BCUT2D eigenvalue weighted by Crippen LogP contribution is -2.29. The van der Waals surface area contributed by atoms with Crippen LogP contribution in [0, 0.1) is 20.8 Å². The van der Waals surface area contributed by atoms with Gasteiger partial charge in [-0.2, -0.15) is 0 Å². The second kappa shape index (κ2) is 6.91. The molecule has 0 aliphatic rings. The molecule has 0 saturated heterocycles. The summed E-state index contributed by atoms with van der Waals surface area (Å²) in [6.07, 6.45) is 2.24. The maximum atomic E-state index is 6.41. The first kappa shape index (κ1) is 15.2. The van der Waals surface area contributed by atoms with Gasteiger partial charge in [-0.05, 0) is 56.4 Å². The SMILES string of the molecule is CCCC(OCC)C(N)c1cc(C)c(C)cc1C. The molecule has 18 heavy (non-hydrogen) atoms. The molecular formula is C16H27NO. The van der Waals surface area contributed by atoms with E-state index in [4.69, 9.17) is 10.5 Å². The van der Waals surface area contributed by atoms with Gasteiger partial charge in [-0.1, -0.05) is 25.5 Å². The van der Waals surface area contributed by atoms with Gasteiger partial charge in [-0.25, -0.2) is 0 Å². The van der Waals surface area contributed by atoms with Crippen LogP contribution in [0.2, 0.25) is 0 Å². The summed E-state index contributed by atoms with van der Waals surface area (Å²) < 4.78 is 5.80. The van der Waals surface area contributed by atoms with Gasteiger partial charge in [0, 0.05) is 6.61 Å². The Balaban J connectivity index is 3.00. The standard InChI is InChI=1S/C16H27NO/c1-6-8-15(18-7-2)16(17)14-10-12(4)11(3)9-13(14)5/h9-10,15-16H,6-8,17H2,1-5H3. The van der Waals surface area contributed by atoms with Gasteiger partial charge in [-0.3, -0.25) is 0 Å². The molecule has 0 saturated carbocycles. The van der Waals surface area contributed by atoms with Crippen molar-refractivity contribution < 1.29 is 4.74 Å². The van der Waals surface area contributed by atoms with Gasteiger partial charge >= 0.3 is 0 Å². The van der Waals surface area contributed by atoms with Crippen LogP contribution in [-0.4, -0.2) is 12.7 Å². The Labute approximate surface area is 112 Å². The summed E-state index contributed by atoms with van der Waals surface area (Å²) in [7, 11) is 0. The van der Waals surface area contributed by atoms with E-state index in [1.807, 2.05) is 6.92 Å². The number of benzene rings is 1. The van der Waals surface area contributed by atoms with E-state index in [1.165, 1.54) is 22.3 Å². The highest BCUT2D eigenvalue weighted by Gasteiger charge is 2.21. The molecule has 2 unspecified atom stereocenters. The molecule has 0 spiro atoms. The predicted molar refractivity (Wildman–Crippen MR) is 77.9 cm³/mol. The molecule has 0 amide bonds. The van der Waals surface area contributed by atoms with Gasteiger partial charge in [0.1, 0.15) is 0 Å². The van der Waals surface area contributed by atoms with Crippen molar-refractivity contribution in [2.45, 2.75) is 59.6 Å². The minimum Gasteiger partial charge on any atom is -0.377 e. The average Bonchev–Trinajstić information content (AvgIpc) is 2.33. The molecule has 2 N–H and O–H groups in total. The molecule has 102 valence electrons. The van der Waals surface area contributed by atoms with E-state index in [2.05, 4.69) is 39.8 Å². The molecule has 1 aromatic carbocycles. The minimum absolute atomic E-state index is 0.0239. The van der Waals surface area contributed by atoms with Crippen LogP contribution in [0.25, 0.3) is 0 Å². The highest BCUT2D eigenvalue weighted by Crippen LogP contribution is 2.25. The van der Waals surface area contributed by atoms with Gasteiger partial charge in [-0.15, -0.1) is 0 Å². The first-order valence-corrected chi connectivity index (χ1v) is 6.96. The Morgan fingerprint density at radius 1 is 1.06 bits per heavy atom. The van der Waals surface area contributed by atoms with E-state index in [9.17, 15) is 0 Å². The quantitative estimate of drug-likeness (QED) is 0.832. The Hall–Kier alpha value is -0.860. The van der Waals surface area contributed by atoms with E-state index >= 15 is 0 Å². The molecule has 0 radical (unpaired) electrons. The number of ether oxygens (including phenoxy) is 1. The molecule has 1 aromatic rings. The Kier molecular flexibility index (Phi) is 5.83. The third-order valence-corrected chi connectivity index (χ3v) is 3.60. The average molecular weight is 249 g/mol. The number of rotatable bonds is 6. The van der Waals surface area contributed by atoms with E-state index in [0.717, 1.165) is 19.4 Å². The summed E-state index contributed by atoms with van der Waals surface area (Å²) in [5.41, 5.74) is 11.5. The first-order chi connectivity index (χ1) is 8.51. The highest BCUT2D eigenvalue weighted by molar-refractivity contribution is 5.38. The molecule has 0 aromatic heterocycles. The van der Waals surface area contributed by atoms with E-state index in [1.54, 1.807) is 0 Å². The van der Waals surface area contributed by atoms with Gasteiger partial charge in [0.15, 0.2) is 0 Å². The van der Waals surface area contributed by atoms with E-state index < -0.39 is 0 Å². The molecule has 0 bridgehead atoms. The topological polar surface area (TPSA) is 35.2 Å². The number of aryl methyl sites for hydroxylation is 3. The number of hydrogen-bond donors (Lipinski definition) is 1. The second-order valence-corrected chi connectivity index (χ2v) is 5.10. The van der Waals surface area contributed by atoms with Crippen molar-refractivity contribution in [3.05, 3.63) is 34.4 Å². The van der Waals surface area contributed by atoms with Crippen molar-refractivity contribution in [1.82, 2.24) is 0 Å². The summed E-state index contributed by atoms with van der Waals surface area (Å²) in [6, 6.07) is 4.42. The Bertz CT molecular complexity index is 381. The molecular weight excluding hydrogens is 222 g/mol. The summed E-state index contributed by atoms with van der Waals surface area (Å²) >= 11 is 0. The molecule has 2 atom stereocenters. The van der Waals surface area contributed by atoms with Crippen molar-refractivity contribution in [3.8, 4) is 0 Å². The molecule has 1 rings (SSSR count). The van der Waals surface area contributed by atoms with Crippen LogP contribution in [0.15, 0.2) is 12.1 Å². The maximum Gasteiger partial charge on any atom is 0.0767 e. The fourth-order valence-corrected chi connectivity index (χ4v) is 2.41. The zero-order valence-corrected chi connectivity index (χ0v) is 12.4. The Morgan fingerprint density at radius 2 is 1.67 bits per heavy atom. The lowest BCUT2D eigenvalue weighted by atomic mass is 9.92. The van der Waals surface area contributed by atoms with Gasteiger partial charge < -0.3 is 10.5 Å². The van der Waals surface area contributed by atoms with Crippen LogP contribution in [0.4, 0.5) is 0 Å². The van der Waals surface area contributed by atoms with Gasteiger partial charge in [0.25, 0.3) is 0 Å². The van der Waals surface area contributed by atoms with Gasteiger partial charge in [0.2, 0.25) is 0 Å². The molecule has 0 aliphatic heterocycles. The number of nitrogens with two attached hydrogens (primary N) is 1. The lowest BCUT2D eigenvalue weighted by molar-refractivity contribution is 0.0373. The lowest BCUT2D eigenvalue weighted by Gasteiger charge is -2.26. The van der Waals surface area contributed by atoms with E-state index in [0.29, 0.717) is 0 Å². The predicted octanol–water partition coefficient (Wildman–Crippen LogP) is 3.82. The van der Waals surface area contributed by atoms with Crippen molar-refractivity contribution in [1.29, 1.82) is 0 Å². The largest absolute Gasteiger partial charge is 0.377 e. The summed E-state index contributed by atoms with van der Waals surface area (Å²) in [5, 5.41) is 0. The van der Waals surface area contributed by atoms with Crippen molar-refractivity contribution in [2.24, 2.45) is 5.73 Å². The number of hydrogen-bond acceptors (Lipinski definition) is 2. The van der Waals surface area contributed by atoms with Crippen molar-refractivity contribution in [3.63, 3.8) is 0 Å². The van der Waals surface area contributed by atoms with Crippen LogP contribution in [0.3, 0.4) is 0 Å². The molecule has 0 heterocycles. The molecule has 2 nitrogen and oxygen atoms in total. The highest BCUT2D eigenvalue weighted by atomic mass is 16.5. The van der Waals surface area contributed by atoms with Crippen molar-refractivity contribution in [2.75, 3.05) is 6.61 Å². The molecule has 0 aliphatic carbocycles. The monoisotopic (exact) mass is 249 g/mol. The molecule has 0 fully saturated rings. The maximum absolute atomic E-state index is 6.41. The zero-order valence-electron chi connectivity index (χ0n) is 12.4.